The largest absolute Gasteiger partial charge is 0.491 e. The lowest BCUT2D eigenvalue weighted by atomic mass is 10.1. The monoisotopic (exact) mass is 269 g/mol. The van der Waals surface area contributed by atoms with Gasteiger partial charge >= 0.3 is 0 Å². The molecule has 0 spiro atoms. The van der Waals surface area contributed by atoms with E-state index in [1.54, 1.807) is 17.9 Å². The number of hydrogen-bond donors (Lipinski definition) is 0. The van der Waals surface area contributed by atoms with Crippen LogP contribution in [0.1, 0.15) is 6.92 Å². The van der Waals surface area contributed by atoms with Gasteiger partial charge in [-0.2, -0.15) is 0 Å². The molecule has 3 heteroatoms. The number of ether oxygens (including phenoxy) is 1. The third kappa shape index (κ3) is 3.38. The molecule has 0 bridgehead atoms. The van der Waals surface area contributed by atoms with E-state index in [1.165, 1.54) is 0 Å². The van der Waals surface area contributed by atoms with Crippen molar-refractivity contribution < 1.29 is 9.53 Å². The summed E-state index contributed by atoms with van der Waals surface area (Å²) in [7, 11) is 0. The maximum Gasteiger partial charge on any atom is 0.219 e. The SMILES string of the molecule is C=CCN(CCOc1cccc2ccccc12)C(C)=O. The second kappa shape index (κ2) is 6.75. The van der Waals surface area contributed by atoms with Gasteiger partial charge in [0, 0.05) is 18.9 Å². The van der Waals surface area contributed by atoms with Crippen LogP contribution >= 0.6 is 0 Å². The van der Waals surface area contributed by atoms with E-state index in [4.69, 9.17) is 4.74 Å². The van der Waals surface area contributed by atoms with Crippen LogP contribution in [0.4, 0.5) is 0 Å². The van der Waals surface area contributed by atoms with E-state index in [2.05, 4.69) is 18.7 Å². The number of fused-ring (bicyclic) bond motifs is 1. The highest BCUT2D eigenvalue weighted by atomic mass is 16.5. The van der Waals surface area contributed by atoms with E-state index < -0.39 is 0 Å². The molecule has 0 aliphatic carbocycles. The molecule has 20 heavy (non-hydrogen) atoms. The first-order valence-corrected chi connectivity index (χ1v) is 6.69. The molecule has 1 amide bonds. The third-order valence-electron chi connectivity index (χ3n) is 3.16. The molecule has 3 nitrogen and oxygen atoms in total. The molecule has 104 valence electrons. The van der Waals surface area contributed by atoms with Gasteiger partial charge in [0.25, 0.3) is 0 Å². The fourth-order valence-corrected chi connectivity index (χ4v) is 2.12. The van der Waals surface area contributed by atoms with Crippen LogP contribution in [0.2, 0.25) is 0 Å². The van der Waals surface area contributed by atoms with Gasteiger partial charge in [-0.3, -0.25) is 4.79 Å². The van der Waals surface area contributed by atoms with Crippen molar-refractivity contribution in [2.45, 2.75) is 6.92 Å². The maximum absolute atomic E-state index is 11.4. The number of benzene rings is 2. The second-order valence-electron chi connectivity index (χ2n) is 4.58. The van der Waals surface area contributed by atoms with E-state index in [1.807, 2.05) is 30.3 Å². The van der Waals surface area contributed by atoms with E-state index in [-0.39, 0.29) is 5.91 Å². The Balaban J connectivity index is 2.02. The fraction of sp³-hybridized carbons (Fsp3) is 0.235. The zero-order chi connectivity index (χ0) is 14.4. The quantitative estimate of drug-likeness (QED) is 0.753. The Kier molecular flexibility index (Phi) is 4.77. The van der Waals surface area contributed by atoms with Crippen molar-refractivity contribution in [3.8, 4) is 5.75 Å². The van der Waals surface area contributed by atoms with Crippen molar-refractivity contribution in [3.05, 3.63) is 55.1 Å². The minimum atomic E-state index is 0.0337. The van der Waals surface area contributed by atoms with Crippen LogP contribution in [0, 0.1) is 0 Å². The zero-order valence-corrected chi connectivity index (χ0v) is 11.7. The van der Waals surface area contributed by atoms with Crippen molar-refractivity contribution in [2.24, 2.45) is 0 Å². The molecule has 0 unspecified atom stereocenters. The number of carbonyl (C=O) groups is 1. The van der Waals surface area contributed by atoms with Crippen LogP contribution in [0.3, 0.4) is 0 Å². The third-order valence-corrected chi connectivity index (χ3v) is 3.16. The molecule has 0 saturated carbocycles. The molecule has 0 radical (unpaired) electrons. The van der Waals surface area contributed by atoms with Gasteiger partial charge in [-0.05, 0) is 11.5 Å². The molecule has 0 N–H and O–H groups in total. The summed E-state index contributed by atoms with van der Waals surface area (Å²) in [6, 6.07) is 14.1. The Hall–Kier alpha value is -2.29. The van der Waals surface area contributed by atoms with Gasteiger partial charge in [-0.25, -0.2) is 0 Å². The predicted molar refractivity (Wildman–Crippen MR) is 81.9 cm³/mol. The van der Waals surface area contributed by atoms with Crippen LogP contribution in [-0.4, -0.2) is 30.5 Å². The van der Waals surface area contributed by atoms with Gasteiger partial charge in [0.2, 0.25) is 5.91 Å². The van der Waals surface area contributed by atoms with E-state index in [0.29, 0.717) is 19.7 Å². The smallest absolute Gasteiger partial charge is 0.219 e. The second-order valence-corrected chi connectivity index (χ2v) is 4.58. The Morgan fingerprint density at radius 2 is 2.00 bits per heavy atom. The minimum Gasteiger partial charge on any atom is -0.491 e. The summed E-state index contributed by atoms with van der Waals surface area (Å²) < 4.78 is 5.82. The van der Waals surface area contributed by atoms with Gasteiger partial charge in [0.15, 0.2) is 0 Å². The molecule has 0 aromatic heterocycles. The van der Waals surface area contributed by atoms with E-state index in [9.17, 15) is 4.79 Å². The average Bonchev–Trinajstić information content (AvgIpc) is 2.46. The molecule has 0 aliphatic rings. The summed E-state index contributed by atoms with van der Waals surface area (Å²) in [6.45, 7) is 6.80. The lowest BCUT2D eigenvalue weighted by molar-refractivity contribution is -0.128. The Morgan fingerprint density at radius 1 is 1.25 bits per heavy atom. The first kappa shape index (κ1) is 14.1. The molecular formula is C17H19NO2. The summed E-state index contributed by atoms with van der Waals surface area (Å²) >= 11 is 0. The molecule has 0 atom stereocenters. The van der Waals surface area contributed by atoms with E-state index in [0.717, 1.165) is 16.5 Å². The van der Waals surface area contributed by atoms with Crippen LogP contribution in [0.5, 0.6) is 5.75 Å². The first-order valence-electron chi connectivity index (χ1n) is 6.69. The Morgan fingerprint density at radius 3 is 2.75 bits per heavy atom. The average molecular weight is 269 g/mol. The van der Waals surface area contributed by atoms with Gasteiger partial charge < -0.3 is 9.64 Å². The van der Waals surface area contributed by atoms with Crippen LogP contribution in [0.25, 0.3) is 10.8 Å². The Bertz CT molecular complexity index is 601. The van der Waals surface area contributed by atoms with Crippen molar-refractivity contribution >= 4 is 16.7 Å². The molecule has 2 aromatic rings. The molecule has 0 heterocycles. The number of rotatable bonds is 6. The molecule has 2 rings (SSSR count). The lowest BCUT2D eigenvalue weighted by Gasteiger charge is -2.19. The number of carbonyl (C=O) groups excluding carboxylic acids is 1. The van der Waals surface area contributed by atoms with Crippen LogP contribution in [-0.2, 0) is 4.79 Å². The van der Waals surface area contributed by atoms with Crippen molar-refractivity contribution in [1.29, 1.82) is 0 Å². The number of amides is 1. The number of hydrogen-bond acceptors (Lipinski definition) is 2. The van der Waals surface area contributed by atoms with Crippen molar-refractivity contribution in [1.82, 2.24) is 4.90 Å². The highest BCUT2D eigenvalue weighted by Crippen LogP contribution is 2.24. The summed E-state index contributed by atoms with van der Waals surface area (Å²) in [5, 5.41) is 2.24. The van der Waals surface area contributed by atoms with Gasteiger partial charge in [0.1, 0.15) is 12.4 Å². The van der Waals surface area contributed by atoms with Crippen LogP contribution in [0.15, 0.2) is 55.1 Å². The minimum absolute atomic E-state index is 0.0337. The topological polar surface area (TPSA) is 29.5 Å². The number of nitrogens with zero attached hydrogens (tertiary/aromatic N) is 1. The molecule has 0 fully saturated rings. The first-order chi connectivity index (χ1) is 9.72. The van der Waals surface area contributed by atoms with E-state index >= 15 is 0 Å². The molecule has 0 saturated heterocycles. The maximum atomic E-state index is 11.4. The summed E-state index contributed by atoms with van der Waals surface area (Å²) in [6.07, 6.45) is 1.72. The van der Waals surface area contributed by atoms with Crippen molar-refractivity contribution in [2.75, 3.05) is 19.7 Å². The highest BCUT2D eigenvalue weighted by molar-refractivity contribution is 5.88. The van der Waals surface area contributed by atoms with Crippen molar-refractivity contribution in [3.63, 3.8) is 0 Å². The van der Waals surface area contributed by atoms with Crippen LogP contribution < -0.4 is 4.74 Å². The summed E-state index contributed by atoms with van der Waals surface area (Å²) in [5.41, 5.74) is 0. The molecular weight excluding hydrogens is 250 g/mol. The summed E-state index contributed by atoms with van der Waals surface area (Å²) in [5.74, 6) is 0.886. The fourth-order valence-electron chi connectivity index (χ4n) is 2.12. The molecule has 2 aromatic carbocycles. The predicted octanol–water partition coefficient (Wildman–Crippen LogP) is 3.25. The highest BCUT2D eigenvalue weighted by Gasteiger charge is 2.07. The normalized spacial score (nSPS) is 10.2. The van der Waals surface area contributed by atoms with Gasteiger partial charge in [-0.15, -0.1) is 6.58 Å². The van der Waals surface area contributed by atoms with Gasteiger partial charge in [-0.1, -0.05) is 42.5 Å². The summed E-state index contributed by atoms with van der Waals surface area (Å²) in [4.78, 5) is 13.1. The van der Waals surface area contributed by atoms with Gasteiger partial charge in [0.05, 0.1) is 6.54 Å². The molecule has 0 aliphatic heterocycles. The lowest BCUT2D eigenvalue weighted by Crippen LogP contribution is -2.32. The standard InChI is InChI=1S/C17H19NO2/c1-3-11-18(14(2)19)12-13-20-17-10-6-8-15-7-4-5-9-16(15)17/h3-10H,1,11-13H2,2H3. The zero-order valence-electron chi connectivity index (χ0n) is 11.7. The Labute approximate surface area is 119 Å².